The van der Waals surface area contributed by atoms with Gasteiger partial charge >= 0.3 is 0 Å². The molecule has 5 aromatic carbocycles. The predicted octanol–water partition coefficient (Wildman–Crippen LogP) is 9.27. The lowest BCUT2D eigenvalue weighted by molar-refractivity contribution is 0.389. The number of rotatable bonds is 7. The molecule has 1 fully saturated rings. The maximum atomic E-state index is 6.42. The lowest BCUT2D eigenvalue weighted by Crippen LogP contribution is -2.43. The monoisotopic (exact) mass is 593 g/mol. The number of halogens is 1. The molecule has 218 valence electrons. The fraction of sp³-hybridized carbons (Fsp3) is 0.175. The van der Waals surface area contributed by atoms with Gasteiger partial charge in [-0.15, -0.1) is 0 Å². The van der Waals surface area contributed by atoms with Crippen molar-refractivity contribution in [3.63, 3.8) is 0 Å². The summed E-state index contributed by atoms with van der Waals surface area (Å²) in [5.74, 6) is 0. The summed E-state index contributed by atoms with van der Waals surface area (Å²) in [6.07, 6.45) is 4.30. The van der Waals surface area contributed by atoms with E-state index in [0.717, 1.165) is 36.6 Å². The first-order valence-corrected chi connectivity index (χ1v) is 15.8. The van der Waals surface area contributed by atoms with Crippen LogP contribution in [-0.2, 0) is 11.0 Å². The van der Waals surface area contributed by atoms with Crippen LogP contribution in [0.2, 0.25) is 5.02 Å². The third-order valence-corrected chi connectivity index (χ3v) is 9.72. The Kier molecular flexibility index (Phi) is 7.57. The Morgan fingerprint density at radius 1 is 0.614 bits per heavy atom. The molecule has 0 aliphatic carbocycles. The summed E-state index contributed by atoms with van der Waals surface area (Å²) in [5, 5.41) is 6.19. The Hall–Kier alpha value is -4.60. The zero-order chi connectivity index (χ0) is 30.0. The molecule has 1 aliphatic heterocycles. The van der Waals surface area contributed by atoms with Crippen LogP contribution in [0.25, 0.3) is 0 Å². The van der Waals surface area contributed by atoms with E-state index < -0.39 is 5.54 Å². The Morgan fingerprint density at radius 2 is 1.07 bits per heavy atom. The SMILES string of the molecule is Cc1nn(C(c2ccccc2)(c2ccccc2)c2ccccc2)cc1C1(c2ccc(Cl)cc2)CCN(c2ccccc2)CC1. The summed E-state index contributed by atoms with van der Waals surface area (Å²) >= 11 is 6.42. The van der Waals surface area contributed by atoms with Gasteiger partial charge in [0.25, 0.3) is 0 Å². The summed E-state index contributed by atoms with van der Waals surface area (Å²) in [5.41, 5.74) is 7.57. The number of anilines is 1. The van der Waals surface area contributed by atoms with Crippen molar-refractivity contribution >= 4 is 17.3 Å². The second-order valence-corrected chi connectivity index (χ2v) is 12.2. The number of para-hydroxylation sites is 1. The van der Waals surface area contributed by atoms with Crippen molar-refractivity contribution in [3.05, 3.63) is 190 Å². The fourth-order valence-electron chi connectivity index (χ4n) is 7.30. The third kappa shape index (κ3) is 4.82. The Bertz CT molecular complexity index is 1710. The van der Waals surface area contributed by atoms with Crippen molar-refractivity contribution in [2.45, 2.75) is 30.7 Å². The topological polar surface area (TPSA) is 21.1 Å². The van der Waals surface area contributed by atoms with Gasteiger partial charge in [-0.2, -0.15) is 5.10 Å². The predicted molar refractivity (Wildman–Crippen MR) is 182 cm³/mol. The van der Waals surface area contributed by atoms with E-state index >= 15 is 0 Å². The van der Waals surface area contributed by atoms with Gasteiger partial charge in [0.15, 0.2) is 0 Å². The quantitative estimate of drug-likeness (QED) is 0.172. The molecule has 7 rings (SSSR count). The summed E-state index contributed by atoms with van der Waals surface area (Å²) in [4.78, 5) is 2.51. The minimum absolute atomic E-state index is 0.200. The largest absolute Gasteiger partial charge is 0.371 e. The van der Waals surface area contributed by atoms with Gasteiger partial charge in [-0.25, -0.2) is 0 Å². The Morgan fingerprint density at radius 3 is 1.55 bits per heavy atom. The molecule has 1 saturated heterocycles. The van der Waals surface area contributed by atoms with E-state index in [1.54, 1.807) is 0 Å². The number of aryl methyl sites for hydroxylation is 1. The van der Waals surface area contributed by atoms with Gasteiger partial charge in [-0.1, -0.05) is 133 Å². The molecule has 3 nitrogen and oxygen atoms in total. The number of hydrogen-bond donors (Lipinski definition) is 0. The molecule has 0 bridgehead atoms. The zero-order valence-electron chi connectivity index (χ0n) is 25.0. The van der Waals surface area contributed by atoms with E-state index in [-0.39, 0.29) is 5.41 Å². The van der Waals surface area contributed by atoms with Crippen LogP contribution in [0, 0.1) is 6.92 Å². The molecule has 0 spiro atoms. The third-order valence-electron chi connectivity index (χ3n) is 9.47. The van der Waals surface area contributed by atoms with Crippen molar-refractivity contribution in [1.29, 1.82) is 0 Å². The second kappa shape index (κ2) is 11.8. The van der Waals surface area contributed by atoms with E-state index in [9.17, 15) is 0 Å². The van der Waals surface area contributed by atoms with Gasteiger partial charge in [-0.05, 0) is 66.3 Å². The molecule has 0 radical (unpaired) electrons. The van der Waals surface area contributed by atoms with Crippen LogP contribution in [0.4, 0.5) is 5.69 Å². The van der Waals surface area contributed by atoms with E-state index in [4.69, 9.17) is 16.7 Å². The minimum atomic E-state index is -0.654. The van der Waals surface area contributed by atoms with Crippen LogP contribution < -0.4 is 4.90 Å². The molecule has 1 aromatic heterocycles. The maximum Gasteiger partial charge on any atom is 0.138 e. The van der Waals surface area contributed by atoms with Crippen LogP contribution in [0.15, 0.2) is 152 Å². The standard InChI is InChI=1S/C40H36ClN3/c1-31-38(39(32-22-24-36(41)25-23-32)26-28-43(29-27-39)37-20-12-5-13-21-37)30-44(42-31)40(33-14-6-2-7-15-33,34-16-8-3-9-17-34)35-18-10-4-11-19-35/h2-25,30H,26-29H2,1H3. The van der Waals surface area contributed by atoms with Crippen LogP contribution >= 0.6 is 11.6 Å². The van der Waals surface area contributed by atoms with Gasteiger partial charge < -0.3 is 4.90 Å². The highest BCUT2D eigenvalue weighted by molar-refractivity contribution is 6.30. The molecule has 0 amide bonds. The van der Waals surface area contributed by atoms with Crippen molar-refractivity contribution in [2.75, 3.05) is 18.0 Å². The maximum absolute atomic E-state index is 6.42. The van der Waals surface area contributed by atoms with E-state index in [0.29, 0.717) is 0 Å². The Balaban J connectivity index is 1.43. The van der Waals surface area contributed by atoms with Crippen LogP contribution in [0.3, 0.4) is 0 Å². The number of benzene rings is 5. The molecule has 44 heavy (non-hydrogen) atoms. The minimum Gasteiger partial charge on any atom is -0.371 e. The first kappa shape index (κ1) is 28.2. The van der Waals surface area contributed by atoms with Gasteiger partial charge in [0, 0.05) is 41.0 Å². The first-order valence-electron chi connectivity index (χ1n) is 15.4. The highest BCUT2D eigenvalue weighted by Crippen LogP contribution is 2.47. The fourth-order valence-corrected chi connectivity index (χ4v) is 7.43. The molecule has 0 saturated carbocycles. The number of piperidine rings is 1. The van der Waals surface area contributed by atoms with E-state index in [2.05, 4.69) is 156 Å². The van der Waals surface area contributed by atoms with Gasteiger partial charge in [0.1, 0.15) is 5.54 Å². The van der Waals surface area contributed by atoms with Crippen molar-refractivity contribution < 1.29 is 0 Å². The molecule has 1 aliphatic rings. The van der Waals surface area contributed by atoms with Crippen molar-refractivity contribution in [1.82, 2.24) is 9.78 Å². The molecule has 0 unspecified atom stereocenters. The summed E-state index contributed by atoms with van der Waals surface area (Å²) in [7, 11) is 0. The van der Waals surface area contributed by atoms with E-state index in [1.165, 1.54) is 33.5 Å². The molecule has 4 heteroatoms. The van der Waals surface area contributed by atoms with Crippen LogP contribution in [0.1, 0.15) is 46.4 Å². The first-order chi connectivity index (χ1) is 21.6. The number of aromatic nitrogens is 2. The van der Waals surface area contributed by atoms with Crippen LogP contribution in [0.5, 0.6) is 0 Å². The average Bonchev–Trinajstić information content (AvgIpc) is 3.49. The van der Waals surface area contributed by atoms with E-state index in [1.807, 2.05) is 12.1 Å². The number of hydrogen-bond acceptors (Lipinski definition) is 2. The average molecular weight is 594 g/mol. The molecular weight excluding hydrogens is 558 g/mol. The molecule has 6 aromatic rings. The summed E-state index contributed by atoms with van der Waals surface area (Å²) < 4.78 is 2.24. The second-order valence-electron chi connectivity index (χ2n) is 11.8. The number of nitrogens with zero attached hydrogens (tertiary/aromatic N) is 3. The Labute approximate surface area is 265 Å². The zero-order valence-corrected chi connectivity index (χ0v) is 25.7. The molecular formula is C40H36ClN3. The molecule has 0 N–H and O–H groups in total. The normalized spacial score (nSPS) is 14.8. The van der Waals surface area contributed by atoms with Crippen LogP contribution in [-0.4, -0.2) is 22.9 Å². The molecule has 2 heterocycles. The van der Waals surface area contributed by atoms with Gasteiger partial charge in [-0.3, -0.25) is 4.68 Å². The molecule has 0 atom stereocenters. The van der Waals surface area contributed by atoms with Gasteiger partial charge in [0.2, 0.25) is 0 Å². The smallest absolute Gasteiger partial charge is 0.138 e. The summed E-state index contributed by atoms with van der Waals surface area (Å²) in [6.45, 7) is 4.09. The van der Waals surface area contributed by atoms with Gasteiger partial charge in [0.05, 0.1) is 5.69 Å². The highest BCUT2D eigenvalue weighted by Gasteiger charge is 2.44. The highest BCUT2D eigenvalue weighted by atomic mass is 35.5. The summed E-state index contributed by atoms with van der Waals surface area (Å²) in [6, 6.07) is 51.6. The van der Waals surface area contributed by atoms with Crippen molar-refractivity contribution in [3.8, 4) is 0 Å². The van der Waals surface area contributed by atoms with Crippen molar-refractivity contribution in [2.24, 2.45) is 0 Å². The lowest BCUT2D eigenvalue weighted by atomic mass is 9.68. The lowest BCUT2D eigenvalue weighted by Gasteiger charge is -2.43.